The van der Waals surface area contributed by atoms with Gasteiger partial charge in [-0.2, -0.15) is 0 Å². The van der Waals surface area contributed by atoms with Crippen molar-refractivity contribution in [2.24, 2.45) is 0 Å². The van der Waals surface area contributed by atoms with Crippen LogP contribution in [0.3, 0.4) is 0 Å². The van der Waals surface area contributed by atoms with Gasteiger partial charge in [0, 0.05) is 38.0 Å². The van der Waals surface area contributed by atoms with Gasteiger partial charge >= 0.3 is 5.97 Å². The van der Waals surface area contributed by atoms with E-state index in [1.54, 1.807) is 6.07 Å². The molecular weight excluding hydrogens is 404 g/mol. The molecule has 0 unspecified atom stereocenters. The van der Waals surface area contributed by atoms with Gasteiger partial charge in [-0.1, -0.05) is 66.7 Å². The van der Waals surface area contributed by atoms with Gasteiger partial charge < -0.3 is 9.84 Å². The fourth-order valence-corrected chi connectivity index (χ4v) is 5.00. The zero-order chi connectivity index (χ0) is 22.1. The number of benzene rings is 3. The maximum Gasteiger partial charge on any atom is 0.328 e. The van der Waals surface area contributed by atoms with Crippen LogP contribution < -0.4 is 0 Å². The molecule has 0 aliphatic carbocycles. The van der Waals surface area contributed by atoms with E-state index in [2.05, 4.69) is 17.0 Å². The van der Waals surface area contributed by atoms with Gasteiger partial charge in [-0.25, -0.2) is 4.79 Å². The average Bonchev–Trinajstić information content (AvgIpc) is 3.19. The molecule has 164 valence electrons. The summed E-state index contributed by atoms with van der Waals surface area (Å²) >= 11 is 0. The second-order valence-corrected chi connectivity index (χ2v) is 8.57. The van der Waals surface area contributed by atoms with Crippen molar-refractivity contribution in [3.8, 4) is 0 Å². The molecule has 2 aliphatic heterocycles. The van der Waals surface area contributed by atoms with Gasteiger partial charge in [0.2, 0.25) is 0 Å². The molecule has 1 N–H and O–H groups in total. The third-order valence-corrected chi connectivity index (χ3v) is 6.67. The van der Waals surface area contributed by atoms with E-state index in [0.29, 0.717) is 18.4 Å². The summed E-state index contributed by atoms with van der Waals surface area (Å²) in [6, 6.07) is 22.6. The van der Waals surface area contributed by atoms with Crippen LogP contribution in [0.4, 0.5) is 0 Å². The number of aliphatic carboxylic acids is 1. The average molecular weight is 431 g/mol. The smallest absolute Gasteiger partial charge is 0.328 e. The minimum Gasteiger partial charge on any atom is -0.480 e. The van der Waals surface area contributed by atoms with E-state index in [4.69, 9.17) is 4.74 Å². The highest BCUT2D eigenvalue weighted by molar-refractivity contribution is 6.08. The molecule has 2 fully saturated rings. The molecule has 2 aliphatic rings. The number of hydrogen-bond donors (Lipinski definition) is 1. The highest BCUT2D eigenvalue weighted by Gasteiger charge is 2.54. The topological polar surface area (TPSA) is 70.1 Å². The maximum absolute atomic E-state index is 13.8. The molecule has 0 aromatic heterocycles. The number of fused-ring (bicyclic) bond motifs is 1. The Bertz CT molecular complexity index is 1130. The lowest BCUT2D eigenvalue weighted by atomic mass is 9.95. The van der Waals surface area contributed by atoms with Crippen LogP contribution in [-0.4, -0.2) is 58.2 Å². The third-order valence-electron chi connectivity index (χ3n) is 6.67. The van der Waals surface area contributed by atoms with Crippen molar-refractivity contribution in [2.45, 2.75) is 31.2 Å². The number of carboxylic acids is 1. The van der Waals surface area contributed by atoms with E-state index in [0.717, 1.165) is 30.4 Å². The van der Waals surface area contributed by atoms with E-state index < -0.39 is 17.7 Å². The highest BCUT2D eigenvalue weighted by atomic mass is 16.5. The Morgan fingerprint density at radius 2 is 1.62 bits per heavy atom. The van der Waals surface area contributed by atoms with Crippen LogP contribution in [0.2, 0.25) is 0 Å². The largest absolute Gasteiger partial charge is 0.480 e. The van der Waals surface area contributed by atoms with Crippen LogP contribution >= 0.6 is 0 Å². The highest BCUT2D eigenvalue weighted by Crippen LogP contribution is 2.39. The molecule has 3 aromatic carbocycles. The van der Waals surface area contributed by atoms with Crippen molar-refractivity contribution < 1.29 is 19.4 Å². The van der Waals surface area contributed by atoms with Crippen LogP contribution in [0.25, 0.3) is 10.8 Å². The number of carbonyl (C=O) groups is 2. The SMILES string of the molecule is O=C(O)[C@H]1COC2(CCN(Cc3ccccc3)CC2)N1C(=O)c1cccc2ccccc12. The summed E-state index contributed by atoms with van der Waals surface area (Å²) in [7, 11) is 0. The molecule has 6 nitrogen and oxygen atoms in total. The van der Waals surface area contributed by atoms with E-state index in [-0.39, 0.29) is 12.5 Å². The lowest BCUT2D eigenvalue weighted by Crippen LogP contribution is -2.58. The van der Waals surface area contributed by atoms with Gasteiger partial charge in [0.25, 0.3) is 5.91 Å². The molecule has 1 atom stereocenters. The summed E-state index contributed by atoms with van der Waals surface area (Å²) < 4.78 is 6.12. The Morgan fingerprint density at radius 1 is 0.938 bits per heavy atom. The molecular formula is C26H26N2O4. The molecule has 0 bridgehead atoms. The van der Waals surface area contributed by atoms with Crippen molar-refractivity contribution in [1.82, 2.24) is 9.80 Å². The van der Waals surface area contributed by atoms with Gasteiger partial charge in [-0.3, -0.25) is 14.6 Å². The van der Waals surface area contributed by atoms with Gasteiger partial charge in [0.1, 0.15) is 5.72 Å². The second kappa shape index (κ2) is 8.37. The first-order chi connectivity index (χ1) is 15.6. The van der Waals surface area contributed by atoms with Gasteiger partial charge in [0.15, 0.2) is 6.04 Å². The Kier molecular flexibility index (Phi) is 5.41. The molecule has 0 radical (unpaired) electrons. The Morgan fingerprint density at radius 3 is 2.38 bits per heavy atom. The number of ether oxygens (including phenoxy) is 1. The summed E-state index contributed by atoms with van der Waals surface area (Å²) in [5.41, 5.74) is 0.874. The molecule has 5 rings (SSSR count). The molecule has 6 heteroatoms. The number of carbonyl (C=O) groups excluding carboxylic acids is 1. The lowest BCUT2D eigenvalue weighted by molar-refractivity contribution is -0.144. The minimum atomic E-state index is -1.03. The maximum atomic E-state index is 13.8. The van der Waals surface area contributed by atoms with Crippen molar-refractivity contribution in [2.75, 3.05) is 19.7 Å². The standard InChI is InChI=1S/C26H26N2O4/c29-24(22-12-6-10-20-9-4-5-11-21(20)22)28-23(25(30)31)18-32-26(28)13-15-27(16-14-26)17-19-7-2-1-3-8-19/h1-12,23H,13-18H2,(H,30,31)/t23-/m1/s1. The van der Waals surface area contributed by atoms with E-state index in [1.165, 1.54) is 10.5 Å². The first-order valence-corrected chi connectivity index (χ1v) is 11.0. The Balaban J connectivity index is 1.43. The van der Waals surface area contributed by atoms with E-state index in [9.17, 15) is 14.7 Å². The fraction of sp³-hybridized carbons (Fsp3) is 0.308. The predicted octanol–water partition coefficient (Wildman–Crippen LogP) is 3.76. The van der Waals surface area contributed by atoms with Crippen LogP contribution in [0.15, 0.2) is 72.8 Å². The number of carboxylic acid groups (broad SMARTS) is 1. The molecule has 2 heterocycles. The summed E-state index contributed by atoms with van der Waals surface area (Å²) in [4.78, 5) is 29.7. The number of amides is 1. The van der Waals surface area contributed by atoms with Crippen LogP contribution in [0.5, 0.6) is 0 Å². The normalized spacial score (nSPS) is 20.6. The van der Waals surface area contributed by atoms with Gasteiger partial charge in [-0.15, -0.1) is 0 Å². The molecule has 2 saturated heterocycles. The number of nitrogens with zero attached hydrogens (tertiary/aromatic N) is 2. The monoisotopic (exact) mass is 430 g/mol. The van der Waals surface area contributed by atoms with Crippen LogP contribution in [0, 0.1) is 0 Å². The molecule has 0 saturated carbocycles. The summed E-state index contributed by atoms with van der Waals surface area (Å²) in [5, 5.41) is 11.7. The Labute approximate surface area is 187 Å². The number of hydrogen-bond acceptors (Lipinski definition) is 4. The quantitative estimate of drug-likeness (QED) is 0.683. The third kappa shape index (κ3) is 3.66. The van der Waals surface area contributed by atoms with Crippen molar-refractivity contribution in [1.29, 1.82) is 0 Å². The summed E-state index contributed by atoms with van der Waals surface area (Å²) in [6.45, 7) is 2.32. The number of piperidine rings is 1. The van der Waals surface area contributed by atoms with Crippen LogP contribution in [0.1, 0.15) is 28.8 Å². The van der Waals surface area contributed by atoms with Crippen molar-refractivity contribution in [3.05, 3.63) is 83.9 Å². The second-order valence-electron chi connectivity index (χ2n) is 8.57. The van der Waals surface area contributed by atoms with Crippen molar-refractivity contribution in [3.63, 3.8) is 0 Å². The van der Waals surface area contributed by atoms with Gasteiger partial charge in [0.05, 0.1) is 6.61 Å². The number of rotatable bonds is 4. The molecule has 1 spiro atoms. The summed E-state index contributed by atoms with van der Waals surface area (Å²) in [6.07, 6.45) is 1.17. The molecule has 1 amide bonds. The first-order valence-electron chi connectivity index (χ1n) is 11.0. The fourth-order valence-electron chi connectivity index (χ4n) is 5.00. The summed E-state index contributed by atoms with van der Waals surface area (Å²) in [5.74, 6) is -1.30. The van der Waals surface area contributed by atoms with E-state index in [1.807, 2.05) is 54.6 Å². The minimum absolute atomic E-state index is 0.0184. The van der Waals surface area contributed by atoms with Crippen LogP contribution in [-0.2, 0) is 16.1 Å². The zero-order valence-electron chi connectivity index (χ0n) is 17.8. The zero-order valence-corrected chi connectivity index (χ0v) is 17.8. The lowest BCUT2D eigenvalue weighted by Gasteiger charge is -2.44. The molecule has 3 aromatic rings. The van der Waals surface area contributed by atoms with Gasteiger partial charge in [-0.05, 0) is 22.4 Å². The molecule has 32 heavy (non-hydrogen) atoms. The Hall–Kier alpha value is -3.22. The number of likely N-dealkylation sites (tertiary alicyclic amines) is 1. The van der Waals surface area contributed by atoms with Crippen molar-refractivity contribution >= 4 is 22.6 Å². The first kappa shape index (κ1) is 20.7. The predicted molar refractivity (Wildman–Crippen MR) is 121 cm³/mol. The van der Waals surface area contributed by atoms with E-state index >= 15 is 0 Å².